The predicted molar refractivity (Wildman–Crippen MR) is 286 cm³/mol. The van der Waals surface area contributed by atoms with Gasteiger partial charge in [-0.15, -0.1) is 0 Å². The lowest BCUT2D eigenvalue weighted by Crippen LogP contribution is -2.45. The maximum absolute atomic E-state index is 14.0. The van der Waals surface area contributed by atoms with E-state index in [4.69, 9.17) is 34.3 Å². The molecule has 0 aliphatic carbocycles. The lowest BCUT2D eigenvalue weighted by Gasteiger charge is -2.39. The zero-order valence-corrected chi connectivity index (χ0v) is 46.4. The zero-order valence-electron chi connectivity index (χ0n) is 42.1. The number of phosphoric acid groups is 3. The third kappa shape index (κ3) is 11.1. The molecule has 9 N–H and O–H groups in total. The lowest BCUT2D eigenvalue weighted by molar-refractivity contribution is -0.0522. The lowest BCUT2D eigenvalue weighted by atomic mass is 9.81. The molecular weight excluding hydrogens is 1120 g/mol. The molecule has 0 spiro atoms. The van der Waals surface area contributed by atoms with Gasteiger partial charge in [-0.2, -0.15) is 13.6 Å². The number of aromatic amines is 1. The van der Waals surface area contributed by atoms with Gasteiger partial charge in [0, 0.05) is 82.4 Å². The van der Waals surface area contributed by atoms with E-state index in [0.717, 1.165) is 105 Å². The minimum atomic E-state index is -5.81. The van der Waals surface area contributed by atoms with Crippen LogP contribution in [0, 0.1) is 0 Å². The number of amides is 1. The molecule has 2 unspecified atom stereocenters. The number of fused-ring (bicyclic) bond motifs is 5. The van der Waals surface area contributed by atoms with Crippen molar-refractivity contribution in [3.05, 3.63) is 102 Å². The van der Waals surface area contributed by atoms with Gasteiger partial charge < -0.3 is 54.8 Å². The molecule has 6 aliphatic heterocycles. The van der Waals surface area contributed by atoms with Crippen LogP contribution in [-0.2, 0) is 62.0 Å². The van der Waals surface area contributed by atoms with E-state index in [9.17, 15) is 43.0 Å². The van der Waals surface area contributed by atoms with E-state index in [-0.39, 0.29) is 47.1 Å². The molecule has 1 fully saturated rings. The highest BCUT2D eigenvalue weighted by Crippen LogP contribution is 2.66. The molecule has 5 aromatic rings. The first-order valence-electron chi connectivity index (χ1n) is 25.2. The molecule has 0 radical (unpaired) electrons. The van der Waals surface area contributed by atoms with Crippen LogP contribution in [-0.4, -0.2) is 118 Å². The first-order chi connectivity index (χ1) is 37.0. The number of rotatable bonds is 18. The van der Waals surface area contributed by atoms with Crippen LogP contribution in [0.15, 0.2) is 41.5 Å². The van der Waals surface area contributed by atoms with E-state index < -0.39 is 70.7 Å². The summed E-state index contributed by atoms with van der Waals surface area (Å²) in [6.45, 7) is 7.03. The average molecular weight is 1170 g/mol. The van der Waals surface area contributed by atoms with Gasteiger partial charge in [0.2, 0.25) is 11.3 Å². The summed E-state index contributed by atoms with van der Waals surface area (Å²) in [5.41, 5.74) is 13.6. The van der Waals surface area contributed by atoms with Gasteiger partial charge >= 0.3 is 29.4 Å². The highest BCUT2D eigenvalue weighted by atomic mass is 33.1. The summed E-state index contributed by atoms with van der Waals surface area (Å²) in [4.78, 5) is 90.7. The van der Waals surface area contributed by atoms with Crippen LogP contribution in [0.4, 0.5) is 11.6 Å². The summed E-state index contributed by atoms with van der Waals surface area (Å²) >= 11 is 0. The summed E-state index contributed by atoms with van der Waals surface area (Å²) in [6.07, 6.45) is 5.74. The Bertz CT molecular complexity index is 3660. The van der Waals surface area contributed by atoms with Crippen LogP contribution in [0.25, 0.3) is 16.7 Å². The number of H-pyrrole nitrogens is 1. The minimum Gasteiger partial charge on any atom is -0.478 e. The van der Waals surface area contributed by atoms with Gasteiger partial charge in [0.15, 0.2) is 11.2 Å². The second-order valence-corrected chi connectivity index (χ2v) is 27.8. The standard InChI is InChI=1S/C48H55N8O17P3S2/c1-48(2,78-77-24-68-34-20-36(56-23-51-38-43(56)52-47(49)53-45(38)58)70-35(34)21-69-75(64,65)73-76(66,67)72-74(61,62)63)22-50-44(57)27-11-12-28(31(19-27)46(59)60)37-32-17-25-7-3-13-54-15-5-9-29(39(25)54)41(32)71-42-30-10-6-16-55-14-4-8-26(40(30)55)18-33(37)42/h11-12,17-19,23,34-36H,3-10,13-16,20-22,24H2,1-2H3,(H8-,49,50,52,53,57,58,59,60,61,62,63,64,65,66,67)/p+1/t34-,35-,36-/m1/s1. The van der Waals surface area contributed by atoms with Crippen LogP contribution in [0.3, 0.4) is 0 Å². The van der Waals surface area contributed by atoms with Crippen LogP contribution in [0.2, 0.25) is 0 Å². The number of hydrogen-bond acceptors (Lipinski definition) is 18. The number of benzene rings is 3. The molecule has 8 heterocycles. The van der Waals surface area contributed by atoms with Gasteiger partial charge in [-0.25, -0.2) is 28.0 Å². The molecule has 2 aromatic heterocycles. The summed E-state index contributed by atoms with van der Waals surface area (Å²) in [5, 5.41) is 16.1. The van der Waals surface area contributed by atoms with E-state index in [2.05, 4.69) is 50.5 Å². The van der Waals surface area contributed by atoms with Crippen molar-refractivity contribution in [3.8, 4) is 11.5 Å². The number of carboxylic acids is 1. The van der Waals surface area contributed by atoms with Gasteiger partial charge in [-0.05, 0) is 87.8 Å². The van der Waals surface area contributed by atoms with Crippen LogP contribution < -0.4 is 41.4 Å². The monoisotopic (exact) mass is 1170 g/mol. The van der Waals surface area contributed by atoms with E-state index >= 15 is 0 Å². The molecule has 416 valence electrons. The van der Waals surface area contributed by atoms with Gasteiger partial charge in [0.05, 0.1) is 30.2 Å². The fourth-order valence-electron chi connectivity index (χ4n) is 11.4. The van der Waals surface area contributed by atoms with E-state index in [1.54, 1.807) is 12.1 Å². The largest absolute Gasteiger partial charge is 0.490 e. The van der Waals surface area contributed by atoms with E-state index in [1.807, 2.05) is 13.8 Å². The number of hydrogen-bond donors (Lipinski definition) is 8. The molecule has 0 saturated carbocycles. The quantitative estimate of drug-likeness (QED) is 0.0194. The Morgan fingerprint density at radius 2 is 1.69 bits per heavy atom. The molecule has 5 atom stereocenters. The Balaban J connectivity index is 0.801. The van der Waals surface area contributed by atoms with Gasteiger partial charge in [-0.1, -0.05) is 27.7 Å². The number of nitrogens with one attached hydrogen (secondary N) is 2. The summed E-state index contributed by atoms with van der Waals surface area (Å²) < 4.78 is 71.0. The molecule has 0 bridgehead atoms. The number of aromatic nitrogens is 4. The van der Waals surface area contributed by atoms with Gasteiger partial charge in [0.25, 0.3) is 11.5 Å². The highest BCUT2D eigenvalue weighted by molar-refractivity contribution is 8.77. The molecule has 3 aromatic carbocycles. The van der Waals surface area contributed by atoms with Crippen LogP contribution >= 0.6 is 45.1 Å². The van der Waals surface area contributed by atoms with Crippen LogP contribution in [0.5, 0.6) is 11.5 Å². The Morgan fingerprint density at radius 1 is 0.949 bits per heavy atom. The van der Waals surface area contributed by atoms with Gasteiger partial charge in [-0.3, -0.25) is 23.7 Å². The number of phosphoric ester groups is 1. The number of nitrogens with zero attached hydrogens (tertiary/aromatic N) is 5. The smallest absolute Gasteiger partial charge is 0.478 e. The number of carboxylic acid groups (broad SMARTS) is 1. The molecule has 78 heavy (non-hydrogen) atoms. The molecular formula is C48H56N8O17P3S2+. The Labute approximate surface area is 452 Å². The number of aromatic carboxylic acids is 1. The maximum atomic E-state index is 14.0. The second kappa shape index (κ2) is 21.2. The van der Waals surface area contributed by atoms with Crippen molar-refractivity contribution < 1.29 is 75.3 Å². The number of carbonyl (C=O) groups is 2. The molecule has 6 aliphatic rings. The van der Waals surface area contributed by atoms with Crippen molar-refractivity contribution in [2.45, 2.75) is 94.8 Å². The normalized spacial score (nSPS) is 21.2. The minimum absolute atomic E-state index is 0.00692. The van der Waals surface area contributed by atoms with Crippen LogP contribution in [0.1, 0.15) is 106 Å². The fraction of sp³-hybridized carbons (Fsp3) is 0.458. The van der Waals surface area contributed by atoms with Crippen molar-refractivity contribution in [2.75, 3.05) is 55.9 Å². The summed E-state index contributed by atoms with van der Waals surface area (Å²) in [7, 11) is -14.4. The average Bonchev–Trinajstić information content (AvgIpc) is 3.90. The Hall–Kier alpha value is -4.95. The maximum Gasteiger partial charge on any atom is 0.490 e. The van der Waals surface area contributed by atoms with Crippen molar-refractivity contribution in [1.82, 2.24) is 29.4 Å². The zero-order chi connectivity index (χ0) is 55.1. The molecule has 30 heteroatoms. The number of nitrogen functional groups attached to an aromatic ring is 1. The topological polar surface area (TPSA) is 350 Å². The van der Waals surface area contributed by atoms with Gasteiger partial charge in [0.1, 0.15) is 42.9 Å². The number of carbonyl (C=O) groups excluding carboxylic acids is 1. The molecule has 11 rings (SSSR count). The number of aryl methyl sites for hydroxylation is 2. The van der Waals surface area contributed by atoms with Crippen molar-refractivity contribution >= 4 is 85.3 Å². The summed E-state index contributed by atoms with van der Waals surface area (Å²) in [6, 6.07) is 9.30. The van der Waals surface area contributed by atoms with Crippen molar-refractivity contribution in [2.24, 2.45) is 0 Å². The number of anilines is 2. The Morgan fingerprint density at radius 3 is 2.46 bits per heavy atom. The number of nitrogens with two attached hydrogens (primary N) is 1. The third-order valence-corrected chi connectivity index (χ3v) is 21.3. The Kier molecular flexibility index (Phi) is 14.9. The first kappa shape index (κ1) is 55.0. The molecule has 1 amide bonds. The molecule has 1 saturated heterocycles. The second-order valence-electron chi connectivity index (χ2n) is 20.4. The number of ether oxygens (including phenoxy) is 3. The van der Waals surface area contributed by atoms with E-state index in [1.165, 1.54) is 71.8 Å². The summed E-state index contributed by atoms with van der Waals surface area (Å²) in [5.74, 6) is -0.300. The fourth-order valence-corrected chi connectivity index (χ4v) is 16.6. The molecule has 25 nitrogen and oxygen atoms in total. The van der Waals surface area contributed by atoms with E-state index in [0.29, 0.717) is 5.56 Å². The first-order valence-corrected chi connectivity index (χ1v) is 32.0. The predicted octanol–water partition coefficient (Wildman–Crippen LogP) is 4.40. The SMILES string of the molecule is CC(C)(CNC(=O)c1ccc(C2=c3cc4c5c(c3Oc3c2cc2c6c3CCCN6CCC2)CCC[N+]=5CCC4)c(C(=O)O)c1)SSCO[C@@H]1C[C@H](n2cnc3c(=O)[nH]c(N)nc32)O[C@@H]1COP(=O)(O)OP(=O)(O)OP(=O)(O)O. The van der Waals surface area contributed by atoms with Crippen molar-refractivity contribution in [1.29, 1.82) is 0 Å². The highest BCUT2D eigenvalue weighted by Gasteiger charge is 2.44. The third-order valence-electron chi connectivity index (χ3n) is 14.5. The number of imidazole rings is 1. The van der Waals surface area contributed by atoms with Crippen molar-refractivity contribution in [3.63, 3.8) is 0 Å².